The quantitative estimate of drug-likeness (QED) is 0.856. The summed E-state index contributed by atoms with van der Waals surface area (Å²) in [4.78, 5) is 14.8. The van der Waals surface area contributed by atoms with E-state index in [2.05, 4.69) is 15.3 Å². The highest BCUT2D eigenvalue weighted by Crippen LogP contribution is 2.27. The fourth-order valence-corrected chi connectivity index (χ4v) is 4.11. The van der Waals surface area contributed by atoms with E-state index in [0.717, 1.165) is 55.7 Å². The van der Waals surface area contributed by atoms with Crippen molar-refractivity contribution in [2.45, 2.75) is 64.1 Å². The first-order valence-corrected chi connectivity index (χ1v) is 8.66. The summed E-state index contributed by atoms with van der Waals surface area (Å²) in [6, 6.07) is 0.595. The fraction of sp³-hybridized carbons (Fsp3) is 0.765. The Morgan fingerprint density at radius 2 is 2.13 bits per heavy atom. The number of rotatable bonds is 4. The zero-order chi connectivity index (χ0) is 16.6. The highest BCUT2D eigenvalue weighted by molar-refractivity contribution is 5.79. The van der Waals surface area contributed by atoms with Gasteiger partial charge in [-0.15, -0.1) is 0 Å². The normalized spacial score (nSPS) is 28.4. The van der Waals surface area contributed by atoms with Gasteiger partial charge in [0.25, 0.3) is 0 Å². The van der Waals surface area contributed by atoms with Crippen LogP contribution in [0.2, 0.25) is 0 Å². The van der Waals surface area contributed by atoms with Crippen LogP contribution in [0.3, 0.4) is 0 Å². The van der Waals surface area contributed by atoms with Crippen molar-refractivity contribution in [2.75, 3.05) is 13.1 Å². The van der Waals surface area contributed by atoms with Gasteiger partial charge >= 0.3 is 0 Å². The molecule has 1 saturated heterocycles. The Labute approximate surface area is 137 Å². The molecular formula is C17H28N4O2. The van der Waals surface area contributed by atoms with E-state index in [1.807, 2.05) is 25.6 Å². The van der Waals surface area contributed by atoms with Gasteiger partial charge in [0.05, 0.1) is 18.2 Å². The van der Waals surface area contributed by atoms with Crippen LogP contribution in [0.15, 0.2) is 0 Å². The minimum atomic E-state index is -0.201. The molecule has 3 atom stereocenters. The van der Waals surface area contributed by atoms with Crippen molar-refractivity contribution in [3.8, 4) is 0 Å². The first-order valence-electron chi connectivity index (χ1n) is 8.66. The summed E-state index contributed by atoms with van der Waals surface area (Å²) in [6.07, 6.45) is 4.35. The van der Waals surface area contributed by atoms with Crippen LogP contribution in [0.25, 0.3) is 0 Å². The topological polar surface area (TPSA) is 70.4 Å². The molecule has 2 N–H and O–H groups in total. The van der Waals surface area contributed by atoms with Crippen molar-refractivity contribution in [3.63, 3.8) is 0 Å². The molecule has 3 rings (SSSR count). The van der Waals surface area contributed by atoms with Gasteiger partial charge in [-0.25, -0.2) is 0 Å². The molecule has 2 heterocycles. The molecule has 2 fully saturated rings. The van der Waals surface area contributed by atoms with Gasteiger partial charge in [-0.05, 0) is 39.5 Å². The standard InChI is InChI=1S/C17H28N4O2/c1-11-14(12(2)20(3)19-11)9-17(23)18-15-5-4-6-16(15)21-8-7-13(22)10-21/h13,15-16,22H,4-10H2,1-3H3,(H,18,23)/t13?,15-,16+/m1/s1. The van der Waals surface area contributed by atoms with Crippen molar-refractivity contribution in [3.05, 3.63) is 17.0 Å². The number of aliphatic hydroxyl groups is 1. The predicted octanol–water partition coefficient (Wildman–Crippen LogP) is 0.683. The van der Waals surface area contributed by atoms with Crippen LogP contribution in [0.5, 0.6) is 0 Å². The van der Waals surface area contributed by atoms with Crippen LogP contribution in [0, 0.1) is 13.8 Å². The summed E-state index contributed by atoms with van der Waals surface area (Å²) in [7, 11) is 1.91. The number of β-amino-alcohol motifs (C(OH)–C–C–N with tert-alkyl or cyclic N) is 1. The second kappa shape index (κ2) is 6.61. The van der Waals surface area contributed by atoms with Crippen molar-refractivity contribution in [1.82, 2.24) is 20.0 Å². The minimum absolute atomic E-state index is 0.0841. The summed E-state index contributed by atoms with van der Waals surface area (Å²) in [6.45, 7) is 5.66. The van der Waals surface area contributed by atoms with Gasteiger partial charge in [0.15, 0.2) is 0 Å². The van der Waals surface area contributed by atoms with Crippen LogP contribution in [-0.4, -0.2) is 57.0 Å². The molecule has 128 valence electrons. The maximum atomic E-state index is 12.5. The number of hydrogen-bond donors (Lipinski definition) is 2. The van der Waals surface area contributed by atoms with E-state index in [-0.39, 0.29) is 18.1 Å². The summed E-state index contributed by atoms with van der Waals surface area (Å²) >= 11 is 0. The Morgan fingerprint density at radius 1 is 1.35 bits per heavy atom. The number of carbonyl (C=O) groups excluding carboxylic acids is 1. The number of aliphatic hydroxyl groups excluding tert-OH is 1. The molecule has 0 bridgehead atoms. The van der Waals surface area contributed by atoms with E-state index < -0.39 is 0 Å². The average Bonchev–Trinajstić information content (AvgIpc) is 3.16. The number of carbonyl (C=O) groups is 1. The second-order valence-electron chi connectivity index (χ2n) is 7.06. The van der Waals surface area contributed by atoms with Gasteiger partial charge in [-0.3, -0.25) is 14.4 Å². The molecule has 0 radical (unpaired) electrons. The maximum absolute atomic E-state index is 12.5. The summed E-state index contributed by atoms with van der Waals surface area (Å²) in [5, 5.41) is 17.4. The Morgan fingerprint density at radius 3 is 2.74 bits per heavy atom. The highest BCUT2D eigenvalue weighted by atomic mass is 16.3. The van der Waals surface area contributed by atoms with Crippen molar-refractivity contribution in [1.29, 1.82) is 0 Å². The van der Waals surface area contributed by atoms with Gasteiger partial charge in [0.1, 0.15) is 0 Å². The lowest BCUT2D eigenvalue weighted by atomic mass is 10.1. The van der Waals surface area contributed by atoms with Crippen LogP contribution < -0.4 is 5.32 Å². The molecule has 2 aliphatic rings. The van der Waals surface area contributed by atoms with Crippen LogP contribution in [0.1, 0.15) is 42.6 Å². The summed E-state index contributed by atoms with van der Waals surface area (Å²) < 4.78 is 1.84. The van der Waals surface area contributed by atoms with E-state index in [4.69, 9.17) is 0 Å². The van der Waals surface area contributed by atoms with Crippen molar-refractivity contribution in [2.24, 2.45) is 7.05 Å². The summed E-state index contributed by atoms with van der Waals surface area (Å²) in [5.74, 6) is 0.0841. The largest absolute Gasteiger partial charge is 0.392 e. The number of likely N-dealkylation sites (tertiary alicyclic amines) is 1. The Kier molecular flexibility index (Phi) is 4.73. The highest BCUT2D eigenvalue weighted by Gasteiger charge is 2.36. The van der Waals surface area contributed by atoms with E-state index in [9.17, 15) is 9.90 Å². The number of aromatic nitrogens is 2. The molecule has 1 aliphatic heterocycles. The molecule has 6 heteroatoms. The number of amides is 1. The van der Waals surface area contributed by atoms with Crippen molar-refractivity contribution >= 4 is 5.91 Å². The molecule has 0 aromatic carbocycles. The molecule has 23 heavy (non-hydrogen) atoms. The van der Waals surface area contributed by atoms with Gasteiger partial charge in [-0.1, -0.05) is 0 Å². The second-order valence-corrected chi connectivity index (χ2v) is 7.06. The lowest BCUT2D eigenvalue weighted by Crippen LogP contribution is -2.48. The Balaban J connectivity index is 1.60. The van der Waals surface area contributed by atoms with Crippen LogP contribution in [-0.2, 0) is 18.3 Å². The minimum Gasteiger partial charge on any atom is -0.392 e. The Bertz CT molecular complexity index is 583. The molecule has 1 unspecified atom stereocenters. The molecule has 1 aliphatic carbocycles. The lowest BCUT2D eigenvalue weighted by Gasteiger charge is -2.29. The third-order valence-corrected chi connectivity index (χ3v) is 5.49. The number of nitrogens with zero attached hydrogens (tertiary/aromatic N) is 3. The third-order valence-electron chi connectivity index (χ3n) is 5.49. The number of nitrogens with one attached hydrogen (secondary N) is 1. The van der Waals surface area contributed by atoms with Crippen LogP contribution >= 0.6 is 0 Å². The van der Waals surface area contributed by atoms with Crippen molar-refractivity contribution < 1.29 is 9.90 Å². The Hall–Kier alpha value is -1.40. The van der Waals surface area contributed by atoms with E-state index in [0.29, 0.717) is 12.5 Å². The molecule has 0 spiro atoms. The first-order chi connectivity index (χ1) is 11.0. The zero-order valence-electron chi connectivity index (χ0n) is 14.4. The zero-order valence-corrected chi connectivity index (χ0v) is 14.4. The average molecular weight is 320 g/mol. The van der Waals surface area contributed by atoms with Crippen LogP contribution in [0.4, 0.5) is 0 Å². The monoisotopic (exact) mass is 320 g/mol. The van der Waals surface area contributed by atoms with Gasteiger partial charge in [0, 0.05) is 43.5 Å². The fourth-order valence-electron chi connectivity index (χ4n) is 4.11. The van der Waals surface area contributed by atoms with Gasteiger partial charge in [0.2, 0.25) is 5.91 Å². The molecule has 1 amide bonds. The third kappa shape index (κ3) is 3.43. The van der Waals surface area contributed by atoms with Gasteiger partial charge in [-0.2, -0.15) is 5.10 Å². The van der Waals surface area contributed by atoms with E-state index in [1.54, 1.807) is 0 Å². The molecule has 1 aromatic rings. The first kappa shape index (κ1) is 16.5. The molecule has 1 aromatic heterocycles. The smallest absolute Gasteiger partial charge is 0.224 e. The molecule has 1 saturated carbocycles. The molecular weight excluding hydrogens is 292 g/mol. The number of hydrogen-bond acceptors (Lipinski definition) is 4. The van der Waals surface area contributed by atoms with E-state index >= 15 is 0 Å². The molecule has 6 nitrogen and oxygen atoms in total. The van der Waals surface area contributed by atoms with E-state index in [1.165, 1.54) is 0 Å². The summed E-state index contributed by atoms with van der Waals surface area (Å²) in [5.41, 5.74) is 3.03. The maximum Gasteiger partial charge on any atom is 0.224 e. The van der Waals surface area contributed by atoms with Gasteiger partial charge < -0.3 is 10.4 Å². The SMILES string of the molecule is Cc1nn(C)c(C)c1CC(=O)N[C@@H]1CCC[C@@H]1N1CCC(O)C1. The predicted molar refractivity (Wildman–Crippen MR) is 88.2 cm³/mol. The lowest BCUT2D eigenvalue weighted by molar-refractivity contribution is -0.121. The number of aryl methyl sites for hydroxylation is 2.